The molecular weight excluding hydrogens is 241 g/mol. The van der Waals surface area contributed by atoms with Gasteiger partial charge in [-0.25, -0.2) is 13.8 Å². The van der Waals surface area contributed by atoms with Crippen molar-refractivity contribution < 1.29 is 22.0 Å². The highest BCUT2D eigenvalue weighted by atomic mass is 35.5. The van der Waals surface area contributed by atoms with E-state index < -0.39 is 34.6 Å². The van der Waals surface area contributed by atoms with E-state index in [0.29, 0.717) is 0 Å². The van der Waals surface area contributed by atoms with Crippen LogP contribution < -0.4 is 0 Å². The molecule has 0 atom stereocenters. The lowest BCUT2D eigenvalue weighted by molar-refractivity contribution is -0.141. The molecule has 0 aliphatic heterocycles. The summed E-state index contributed by atoms with van der Waals surface area (Å²) in [6.45, 7) is 0.938. The fraction of sp³-hybridized carbons (Fsp3) is 0.375. The van der Waals surface area contributed by atoms with Crippen LogP contribution >= 0.6 is 11.6 Å². The Kier molecular flexibility index (Phi) is 3.18. The highest BCUT2D eigenvalue weighted by Gasteiger charge is 2.36. The summed E-state index contributed by atoms with van der Waals surface area (Å²) in [6, 6.07) is 0.733. The predicted molar refractivity (Wildman–Crippen MR) is 43.9 cm³/mol. The molecule has 1 heterocycles. The van der Waals surface area contributed by atoms with E-state index in [9.17, 15) is 22.0 Å². The van der Waals surface area contributed by atoms with E-state index in [0.717, 1.165) is 13.0 Å². The molecule has 1 rings (SSSR count). The monoisotopic (exact) mass is 245 g/mol. The van der Waals surface area contributed by atoms with Gasteiger partial charge in [-0.2, -0.15) is 13.2 Å². The number of hydrogen-bond acceptors (Lipinski definition) is 1. The smallest absolute Gasteiger partial charge is 0.231 e. The second-order valence-electron chi connectivity index (χ2n) is 2.81. The minimum absolute atomic E-state index is 0.594. The first-order chi connectivity index (χ1) is 6.73. The van der Waals surface area contributed by atoms with E-state index in [-0.39, 0.29) is 0 Å². The molecule has 0 radical (unpaired) electrons. The zero-order valence-corrected chi connectivity index (χ0v) is 8.13. The average molecular weight is 246 g/mol. The Morgan fingerprint density at radius 3 is 2.27 bits per heavy atom. The minimum atomic E-state index is -4.78. The van der Waals surface area contributed by atoms with Gasteiger partial charge in [0.25, 0.3) is 6.43 Å². The Morgan fingerprint density at radius 1 is 1.33 bits per heavy atom. The van der Waals surface area contributed by atoms with Crippen LogP contribution in [0.25, 0.3) is 0 Å². The molecule has 1 aromatic heterocycles. The van der Waals surface area contributed by atoms with Gasteiger partial charge in [0.1, 0.15) is 10.8 Å². The molecule has 0 amide bonds. The van der Waals surface area contributed by atoms with Crippen molar-refractivity contribution in [3.63, 3.8) is 0 Å². The lowest BCUT2D eigenvalue weighted by atomic mass is 10.1. The fourth-order valence-corrected chi connectivity index (χ4v) is 1.30. The maximum absolute atomic E-state index is 12.3. The molecule has 0 aromatic carbocycles. The maximum atomic E-state index is 12.3. The van der Waals surface area contributed by atoms with Crippen molar-refractivity contribution in [2.24, 2.45) is 0 Å². The Bertz CT molecular complexity index is 374. The van der Waals surface area contributed by atoms with E-state index in [1.807, 2.05) is 0 Å². The van der Waals surface area contributed by atoms with Crippen LogP contribution in [0.15, 0.2) is 6.07 Å². The number of aromatic nitrogens is 1. The molecule has 0 unspecified atom stereocenters. The minimum Gasteiger partial charge on any atom is -0.231 e. The van der Waals surface area contributed by atoms with Crippen molar-refractivity contribution in [2.75, 3.05) is 0 Å². The van der Waals surface area contributed by atoms with Crippen LogP contribution in [-0.2, 0) is 6.18 Å². The van der Waals surface area contributed by atoms with Crippen molar-refractivity contribution in [1.29, 1.82) is 0 Å². The number of pyridine rings is 1. The normalized spacial score (nSPS) is 12.3. The van der Waals surface area contributed by atoms with Gasteiger partial charge < -0.3 is 0 Å². The van der Waals surface area contributed by atoms with E-state index in [1.165, 1.54) is 0 Å². The fourth-order valence-electron chi connectivity index (χ4n) is 1.10. The second-order valence-corrected chi connectivity index (χ2v) is 3.19. The Labute approximate surface area is 86.9 Å². The molecule has 0 aliphatic carbocycles. The molecule has 1 aromatic rings. The summed E-state index contributed by atoms with van der Waals surface area (Å²) in [5.41, 5.74) is -2.71. The van der Waals surface area contributed by atoms with Crippen LogP contribution in [0, 0.1) is 6.92 Å². The molecule has 0 N–H and O–H groups in total. The molecule has 0 saturated carbocycles. The van der Waals surface area contributed by atoms with E-state index in [2.05, 4.69) is 4.98 Å². The van der Waals surface area contributed by atoms with Crippen molar-refractivity contribution in [3.05, 3.63) is 28.0 Å². The predicted octanol–water partition coefficient (Wildman–Crippen LogP) is 4.00. The first-order valence-corrected chi connectivity index (χ1v) is 4.13. The third-order valence-electron chi connectivity index (χ3n) is 1.79. The second kappa shape index (κ2) is 3.92. The SMILES string of the molecule is Cc1c(C(F)F)cc(Cl)nc1C(F)(F)F. The summed E-state index contributed by atoms with van der Waals surface area (Å²) in [5, 5.41) is -0.594. The van der Waals surface area contributed by atoms with Crippen molar-refractivity contribution >= 4 is 11.6 Å². The molecular formula is C8H5ClF5N. The van der Waals surface area contributed by atoms with Gasteiger partial charge in [-0.05, 0) is 18.6 Å². The van der Waals surface area contributed by atoms with Crippen LogP contribution in [0.5, 0.6) is 0 Å². The number of halogens is 6. The zero-order valence-electron chi connectivity index (χ0n) is 7.37. The Hall–Kier alpha value is -0.910. The van der Waals surface area contributed by atoms with Gasteiger partial charge in [-0.1, -0.05) is 11.6 Å². The van der Waals surface area contributed by atoms with Crippen LogP contribution in [0.1, 0.15) is 23.2 Å². The van der Waals surface area contributed by atoms with Gasteiger partial charge in [0.15, 0.2) is 0 Å². The highest BCUT2D eigenvalue weighted by Crippen LogP contribution is 2.35. The third-order valence-corrected chi connectivity index (χ3v) is 1.98. The van der Waals surface area contributed by atoms with Gasteiger partial charge >= 0.3 is 6.18 Å². The van der Waals surface area contributed by atoms with Gasteiger partial charge in [0.2, 0.25) is 0 Å². The summed E-state index contributed by atoms with van der Waals surface area (Å²) in [6.07, 6.45) is -7.79. The third kappa shape index (κ3) is 2.56. The molecule has 0 bridgehead atoms. The van der Waals surface area contributed by atoms with Crippen LogP contribution in [-0.4, -0.2) is 4.98 Å². The molecule has 15 heavy (non-hydrogen) atoms. The zero-order chi connectivity index (χ0) is 11.8. The van der Waals surface area contributed by atoms with Crippen LogP contribution in [0.4, 0.5) is 22.0 Å². The van der Waals surface area contributed by atoms with E-state index in [1.54, 1.807) is 0 Å². The first kappa shape index (κ1) is 12.2. The largest absolute Gasteiger partial charge is 0.433 e. The summed E-state index contributed by atoms with van der Waals surface area (Å²) in [7, 11) is 0. The summed E-state index contributed by atoms with van der Waals surface area (Å²) >= 11 is 5.23. The molecule has 1 nitrogen and oxygen atoms in total. The van der Waals surface area contributed by atoms with Gasteiger partial charge in [0, 0.05) is 5.56 Å². The first-order valence-electron chi connectivity index (χ1n) is 3.76. The average Bonchev–Trinajstić information content (AvgIpc) is 2.06. The van der Waals surface area contributed by atoms with Crippen molar-refractivity contribution in [2.45, 2.75) is 19.5 Å². The van der Waals surface area contributed by atoms with Gasteiger partial charge in [-0.3, -0.25) is 0 Å². The van der Waals surface area contributed by atoms with Gasteiger partial charge in [-0.15, -0.1) is 0 Å². The molecule has 0 fully saturated rings. The number of alkyl halides is 5. The lowest BCUT2D eigenvalue weighted by Crippen LogP contribution is -2.12. The van der Waals surface area contributed by atoms with Crippen LogP contribution in [0.3, 0.4) is 0 Å². The molecule has 84 valence electrons. The van der Waals surface area contributed by atoms with Gasteiger partial charge in [0.05, 0.1) is 0 Å². The maximum Gasteiger partial charge on any atom is 0.433 e. The summed E-state index contributed by atoms with van der Waals surface area (Å²) < 4.78 is 61.6. The number of nitrogens with zero attached hydrogens (tertiary/aromatic N) is 1. The highest BCUT2D eigenvalue weighted by molar-refractivity contribution is 6.29. The Balaban J connectivity index is 3.42. The van der Waals surface area contributed by atoms with E-state index in [4.69, 9.17) is 11.6 Å². The summed E-state index contributed by atoms with van der Waals surface area (Å²) in [5.74, 6) is 0. The van der Waals surface area contributed by atoms with Crippen LogP contribution in [0.2, 0.25) is 5.15 Å². The molecule has 0 aliphatic rings. The van der Waals surface area contributed by atoms with Crippen molar-refractivity contribution in [3.8, 4) is 0 Å². The summed E-state index contributed by atoms with van der Waals surface area (Å²) in [4.78, 5) is 2.99. The number of rotatable bonds is 1. The Morgan fingerprint density at radius 2 is 1.87 bits per heavy atom. The molecule has 0 saturated heterocycles. The molecule has 7 heteroatoms. The quantitative estimate of drug-likeness (QED) is 0.538. The number of hydrogen-bond donors (Lipinski definition) is 0. The molecule has 0 spiro atoms. The standard InChI is InChI=1S/C8H5ClF5N/c1-3-4(7(10)11)2-5(9)15-6(3)8(12,13)14/h2,7H,1H3. The lowest BCUT2D eigenvalue weighted by Gasteiger charge is -2.12. The topological polar surface area (TPSA) is 12.9 Å². The van der Waals surface area contributed by atoms with E-state index >= 15 is 0 Å². The van der Waals surface area contributed by atoms with Crippen molar-refractivity contribution in [1.82, 2.24) is 4.98 Å².